The van der Waals surface area contributed by atoms with Crippen molar-refractivity contribution >= 4 is 6.16 Å². The summed E-state index contributed by atoms with van der Waals surface area (Å²) in [6, 6.07) is 15.2. The van der Waals surface area contributed by atoms with E-state index in [9.17, 15) is 4.79 Å². The van der Waals surface area contributed by atoms with Gasteiger partial charge in [-0.15, -0.1) is 0 Å². The van der Waals surface area contributed by atoms with Crippen LogP contribution in [-0.4, -0.2) is 6.16 Å². The SMILES string of the molecule is CCC(C)(C)c1ccc(OC(=O)Oc2ccc(C(C)(C)CC)cc2)cc1. The van der Waals surface area contributed by atoms with Crippen molar-refractivity contribution in [2.75, 3.05) is 0 Å². The van der Waals surface area contributed by atoms with Crippen LogP contribution in [0.4, 0.5) is 4.79 Å². The summed E-state index contributed by atoms with van der Waals surface area (Å²) in [4.78, 5) is 12.0. The van der Waals surface area contributed by atoms with Crippen LogP contribution in [0.3, 0.4) is 0 Å². The molecule has 0 bridgehead atoms. The molecule has 0 aromatic heterocycles. The van der Waals surface area contributed by atoms with E-state index < -0.39 is 6.16 Å². The highest BCUT2D eigenvalue weighted by Gasteiger charge is 2.19. The van der Waals surface area contributed by atoms with Crippen LogP contribution in [0.5, 0.6) is 11.5 Å². The third-order valence-electron chi connectivity index (χ3n) is 5.44. The Bertz CT molecular complexity index is 662. The highest BCUT2D eigenvalue weighted by Crippen LogP contribution is 2.29. The molecule has 140 valence electrons. The highest BCUT2D eigenvalue weighted by molar-refractivity contribution is 5.67. The molecule has 0 N–H and O–H groups in total. The number of rotatable bonds is 6. The van der Waals surface area contributed by atoms with Crippen molar-refractivity contribution in [2.24, 2.45) is 0 Å². The van der Waals surface area contributed by atoms with Crippen LogP contribution in [0.25, 0.3) is 0 Å². The van der Waals surface area contributed by atoms with Crippen LogP contribution < -0.4 is 9.47 Å². The maximum atomic E-state index is 12.0. The monoisotopic (exact) mass is 354 g/mol. The number of ether oxygens (including phenoxy) is 2. The average Bonchev–Trinajstić information content (AvgIpc) is 2.62. The molecular formula is C23H30O3. The molecule has 0 fully saturated rings. The van der Waals surface area contributed by atoms with E-state index in [0.717, 1.165) is 12.8 Å². The van der Waals surface area contributed by atoms with Gasteiger partial charge >= 0.3 is 6.16 Å². The van der Waals surface area contributed by atoms with Gasteiger partial charge in [0.25, 0.3) is 0 Å². The fourth-order valence-electron chi connectivity index (χ4n) is 2.57. The summed E-state index contributed by atoms with van der Waals surface area (Å²) in [6.45, 7) is 13.1. The van der Waals surface area contributed by atoms with Gasteiger partial charge in [0.1, 0.15) is 11.5 Å². The zero-order valence-electron chi connectivity index (χ0n) is 16.8. The average molecular weight is 354 g/mol. The lowest BCUT2D eigenvalue weighted by Gasteiger charge is -2.23. The van der Waals surface area contributed by atoms with E-state index in [2.05, 4.69) is 41.5 Å². The van der Waals surface area contributed by atoms with Gasteiger partial charge < -0.3 is 9.47 Å². The van der Waals surface area contributed by atoms with Gasteiger partial charge in [-0.05, 0) is 59.1 Å². The Labute approximate surface area is 157 Å². The second kappa shape index (κ2) is 7.94. The zero-order valence-corrected chi connectivity index (χ0v) is 16.8. The van der Waals surface area contributed by atoms with Crippen molar-refractivity contribution in [2.45, 2.75) is 65.2 Å². The molecular weight excluding hydrogens is 324 g/mol. The molecule has 3 nitrogen and oxygen atoms in total. The molecule has 0 aliphatic carbocycles. The van der Waals surface area contributed by atoms with Crippen molar-refractivity contribution in [3.8, 4) is 11.5 Å². The first kappa shape index (κ1) is 20.0. The molecule has 0 spiro atoms. The number of carbonyl (C=O) groups excluding carboxylic acids is 1. The van der Waals surface area contributed by atoms with Gasteiger partial charge in [0.05, 0.1) is 0 Å². The lowest BCUT2D eigenvalue weighted by Crippen LogP contribution is -2.17. The fourth-order valence-corrected chi connectivity index (χ4v) is 2.57. The van der Waals surface area contributed by atoms with E-state index in [-0.39, 0.29) is 10.8 Å². The van der Waals surface area contributed by atoms with Gasteiger partial charge in [-0.1, -0.05) is 65.8 Å². The maximum Gasteiger partial charge on any atom is 0.519 e. The van der Waals surface area contributed by atoms with Gasteiger partial charge in [-0.3, -0.25) is 0 Å². The first-order chi connectivity index (χ1) is 12.2. The second-order valence-electron chi connectivity index (χ2n) is 7.98. The van der Waals surface area contributed by atoms with E-state index >= 15 is 0 Å². The highest BCUT2D eigenvalue weighted by atomic mass is 16.7. The topological polar surface area (TPSA) is 35.5 Å². The van der Waals surface area contributed by atoms with E-state index in [1.165, 1.54) is 11.1 Å². The predicted molar refractivity (Wildman–Crippen MR) is 106 cm³/mol. The molecule has 0 aliphatic heterocycles. The van der Waals surface area contributed by atoms with Crippen molar-refractivity contribution in [3.05, 3.63) is 59.7 Å². The first-order valence-corrected chi connectivity index (χ1v) is 9.28. The molecule has 0 aliphatic rings. The number of carbonyl (C=O) groups is 1. The summed E-state index contributed by atoms with van der Waals surface area (Å²) in [6.07, 6.45) is 1.36. The van der Waals surface area contributed by atoms with E-state index in [0.29, 0.717) is 11.5 Å². The summed E-state index contributed by atoms with van der Waals surface area (Å²) in [5, 5.41) is 0. The third kappa shape index (κ3) is 4.87. The summed E-state index contributed by atoms with van der Waals surface area (Å²) in [5.41, 5.74) is 2.64. The largest absolute Gasteiger partial charge is 0.519 e. The van der Waals surface area contributed by atoms with E-state index in [1.54, 1.807) is 24.3 Å². The molecule has 26 heavy (non-hydrogen) atoms. The van der Waals surface area contributed by atoms with Gasteiger partial charge in [-0.25, -0.2) is 4.79 Å². The van der Waals surface area contributed by atoms with Crippen molar-refractivity contribution in [1.29, 1.82) is 0 Å². The summed E-state index contributed by atoms with van der Waals surface area (Å²) >= 11 is 0. The van der Waals surface area contributed by atoms with Crippen molar-refractivity contribution < 1.29 is 14.3 Å². The Morgan fingerprint density at radius 2 is 1.00 bits per heavy atom. The molecule has 0 saturated carbocycles. The smallest absolute Gasteiger partial charge is 0.395 e. The van der Waals surface area contributed by atoms with Gasteiger partial charge in [0, 0.05) is 0 Å². The van der Waals surface area contributed by atoms with E-state index in [4.69, 9.17) is 9.47 Å². The maximum absolute atomic E-state index is 12.0. The Morgan fingerprint density at radius 3 is 1.27 bits per heavy atom. The number of benzene rings is 2. The molecule has 0 unspecified atom stereocenters. The van der Waals surface area contributed by atoms with Crippen LogP contribution >= 0.6 is 0 Å². The lowest BCUT2D eigenvalue weighted by molar-refractivity contribution is 0.152. The Morgan fingerprint density at radius 1 is 0.692 bits per heavy atom. The fraction of sp³-hybridized carbons (Fsp3) is 0.435. The van der Waals surface area contributed by atoms with Gasteiger partial charge in [0.2, 0.25) is 0 Å². The lowest BCUT2D eigenvalue weighted by atomic mass is 9.82. The van der Waals surface area contributed by atoms with Crippen molar-refractivity contribution in [3.63, 3.8) is 0 Å². The molecule has 3 heteroatoms. The van der Waals surface area contributed by atoms with Gasteiger partial charge in [-0.2, -0.15) is 0 Å². The number of hydrogen-bond donors (Lipinski definition) is 0. The molecule has 2 aromatic rings. The minimum Gasteiger partial charge on any atom is -0.395 e. The Balaban J connectivity index is 1.98. The summed E-state index contributed by atoms with van der Waals surface area (Å²) in [5.74, 6) is 0.962. The second-order valence-corrected chi connectivity index (χ2v) is 7.98. The summed E-state index contributed by atoms with van der Waals surface area (Å²) in [7, 11) is 0. The molecule has 2 rings (SSSR count). The summed E-state index contributed by atoms with van der Waals surface area (Å²) < 4.78 is 10.6. The third-order valence-corrected chi connectivity index (χ3v) is 5.44. The molecule has 0 atom stereocenters. The van der Waals surface area contributed by atoms with Crippen LogP contribution in [0, 0.1) is 0 Å². The van der Waals surface area contributed by atoms with E-state index in [1.807, 2.05) is 24.3 Å². The minimum atomic E-state index is -0.727. The molecule has 0 saturated heterocycles. The van der Waals surface area contributed by atoms with Crippen molar-refractivity contribution in [1.82, 2.24) is 0 Å². The standard InChI is InChI=1S/C23H30O3/c1-7-22(3,4)17-9-13-19(14-10-17)25-21(24)26-20-15-11-18(12-16-20)23(5,6)8-2/h9-16H,7-8H2,1-6H3. The Hall–Kier alpha value is -2.29. The van der Waals surface area contributed by atoms with Crippen LogP contribution in [0.15, 0.2) is 48.5 Å². The normalized spacial score (nSPS) is 11.9. The Kier molecular flexibility index (Phi) is 6.12. The first-order valence-electron chi connectivity index (χ1n) is 9.28. The molecule has 0 amide bonds. The quantitative estimate of drug-likeness (QED) is 0.431. The van der Waals surface area contributed by atoms with Crippen LogP contribution in [0.2, 0.25) is 0 Å². The van der Waals surface area contributed by atoms with Crippen LogP contribution in [-0.2, 0) is 10.8 Å². The van der Waals surface area contributed by atoms with Crippen LogP contribution in [0.1, 0.15) is 65.5 Å². The minimum absolute atomic E-state index is 0.104. The predicted octanol–water partition coefficient (Wildman–Crippen LogP) is 6.64. The molecule has 0 heterocycles. The molecule has 0 radical (unpaired) electrons. The number of hydrogen-bond acceptors (Lipinski definition) is 3. The molecule has 2 aromatic carbocycles. The zero-order chi connectivity index (χ0) is 19.4. The van der Waals surface area contributed by atoms with Gasteiger partial charge in [0.15, 0.2) is 0 Å².